The fourth-order valence-corrected chi connectivity index (χ4v) is 5.90. The fourth-order valence-electron chi connectivity index (χ4n) is 5.90. The maximum absolute atomic E-state index is 13.1. The zero-order chi connectivity index (χ0) is 33.5. The zero-order valence-electron chi connectivity index (χ0n) is 28.5. The minimum atomic E-state index is -0.992. The van der Waals surface area contributed by atoms with Crippen LogP contribution in [0.2, 0.25) is 0 Å². The molecule has 4 amide bonds. The molecule has 1 atom stereocenters. The standard InChI is InChI=1S/C36H57N3O8/c1-2-3-4-5-6-7-8-9-10-11-12-13-14-21-44-23-25-46-27-28-47-26-24-45-22-20-37-30-17-15-16-29-33(30)36(43)39(35(29)42)31-18-19-32(40)38-34(31)41/h15-17,31,37H,2-14,18-28H2,1H3,(H,38,40,41). The van der Waals surface area contributed by atoms with Crippen LogP contribution in [-0.2, 0) is 28.5 Å². The minimum absolute atomic E-state index is 0.0809. The Bertz CT molecular complexity index is 1100. The number of imide groups is 2. The molecule has 1 fully saturated rings. The number of nitrogens with zero attached hydrogens (tertiary/aromatic N) is 1. The molecule has 0 spiro atoms. The summed E-state index contributed by atoms with van der Waals surface area (Å²) in [6.45, 7) is 6.86. The van der Waals surface area contributed by atoms with Crippen molar-refractivity contribution in [1.82, 2.24) is 10.2 Å². The quantitative estimate of drug-likeness (QED) is 0.0864. The lowest BCUT2D eigenvalue weighted by molar-refractivity contribution is -0.136. The van der Waals surface area contributed by atoms with E-state index < -0.39 is 29.7 Å². The number of anilines is 1. The number of nitrogens with one attached hydrogen (secondary N) is 2. The molecular formula is C36H57N3O8. The van der Waals surface area contributed by atoms with Crippen molar-refractivity contribution in [1.29, 1.82) is 0 Å². The van der Waals surface area contributed by atoms with Gasteiger partial charge in [0, 0.05) is 25.3 Å². The predicted octanol–water partition coefficient (Wildman–Crippen LogP) is 5.66. The van der Waals surface area contributed by atoms with Gasteiger partial charge in [0.1, 0.15) is 6.04 Å². The highest BCUT2D eigenvalue weighted by Gasteiger charge is 2.45. The molecule has 47 heavy (non-hydrogen) atoms. The predicted molar refractivity (Wildman–Crippen MR) is 181 cm³/mol. The summed E-state index contributed by atoms with van der Waals surface area (Å²) in [6, 6.07) is 3.97. The lowest BCUT2D eigenvalue weighted by Gasteiger charge is -2.27. The number of carbonyl (C=O) groups is 4. The van der Waals surface area contributed by atoms with Crippen LogP contribution in [-0.4, -0.2) is 94.0 Å². The maximum Gasteiger partial charge on any atom is 0.264 e. The lowest BCUT2D eigenvalue weighted by atomic mass is 10.0. The first-order valence-electron chi connectivity index (χ1n) is 17.9. The molecule has 2 heterocycles. The van der Waals surface area contributed by atoms with Gasteiger partial charge in [-0.2, -0.15) is 0 Å². The number of piperidine rings is 1. The van der Waals surface area contributed by atoms with E-state index >= 15 is 0 Å². The highest BCUT2D eigenvalue weighted by molar-refractivity contribution is 6.25. The SMILES string of the molecule is CCCCCCCCCCCCCCCOCCOCCOCCOCCNc1cccc2c1C(=O)N(C1CCC(=O)NC1=O)C2=O. The molecule has 1 aromatic carbocycles. The number of carbonyl (C=O) groups excluding carboxylic acids is 4. The van der Waals surface area contributed by atoms with Gasteiger partial charge >= 0.3 is 0 Å². The largest absolute Gasteiger partial charge is 0.382 e. The van der Waals surface area contributed by atoms with Crippen LogP contribution in [0.1, 0.15) is 124 Å². The number of hydrogen-bond donors (Lipinski definition) is 2. The topological polar surface area (TPSA) is 132 Å². The van der Waals surface area contributed by atoms with Crippen molar-refractivity contribution >= 4 is 29.3 Å². The summed E-state index contributed by atoms with van der Waals surface area (Å²) in [7, 11) is 0. The molecule has 1 aromatic rings. The van der Waals surface area contributed by atoms with Gasteiger partial charge in [0.05, 0.1) is 57.4 Å². The van der Waals surface area contributed by atoms with Gasteiger partial charge in [-0.3, -0.25) is 29.4 Å². The van der Waals surface area contributed by atoms with Crippen molar-refractivity contribution in [2.45, 2.75) is 109 Å². The number of amides is 4. The van der Waals surface area contributed by atoms with Gasteiger partial charge in [0.25, 0.3) is 11.8 Å². The summed E-state index contributed by atoms with van der Waals surface area (Å²) in [4.78, 5) is 50.8. The lowest BCUT2D eigenvalue weighted by Crippen LogP contribution is -2.54. The molecule has 11 heteroatoms. The first kappa shape index (κ1) is 38.6. The van der Waals surface area contributed by atoms with Crippen molar-refractivity contribution in [3.05, 3.63) is 29.3 Å². The summed E-state index contributed by atoms with van der Waals surface area (Å²) < 4.78 is 22.4. The van der Waals surface area contributed by atoms with Crippen LogP contribution in [0.4, 0.5) is 5.69 Å². The number of fused-ring (bicyclic) bond motifs is 1. The highest BCUT2D eigenvalue weighted by atomic mass is 16.6. The molecule has 1 unspecified atom stereocenters. The Balaban J connectivity index is 1.09. The van der Waals surface area contributed by atoms with Crippen LogP contribution in [0.5, 0.6) is 0 Å². The van der Waals surface area contributed by atoms with Gasteiger partial charge in [-0.1, -0.05) is 90.0 Å². The molecule has 0 bridgehead atoms. The molecule has 264 valence electrons. The van der Waals surface area contributed by atoms with E-state index in [-0.39, 0.29) is 24.0 Å². The molecule has 0 radical (unpaired) electrons. The molecule has 11 nitrogen and oxygen atoms in total. The van der Waals surface area contributed by atoms with Crippen LogP contribution in [0.15, 0.2) is 18.2 Å². The Hall–Kier alpha value is -2.86. The van der Waals surface area contributed by atoms with Crippen molar-refractivity contribution in [2.24, 2.45) is 0 Å². The summed E-state index contributed by atoms with van der Waals surface area (Å²) in [6.07, 6.45) is 17.7. The third kappa shape index (κ3) is 14.0. The van der Waals surface area contributed by atoms with Crippen molar-refractivity contribution < 1.29 is 38.1 Å². The molecule has 0 aliphatic carbocycles. The average molecular weight is 660 g/mol. The van der Waals surface area contributed by atoms with E-state index in [1.165, 1.54) is 77.0 Å². The first-order valence-corrected chi connectivity index (χ1v) is 17.9. The van der Waals surface area contributed by atoms with Crippen molar-refractivity contribution in [3.63, 3.8) is 0 Å². The molecule has 3 rings (SSSR count). The molecule has 1 saturated heterocycles. The van der Waals surface area contributed by atoms with Gasteiger partial charge < -0.3 is 24.3 Å². The van der Waals surface area contributed by atoms with Crippen molar-refractivity contribution in [3.8, 4) is 0 Å². The molecule has 0 aromatic heterocycles. The molecule has 2 N–H and O–H groups in total. The number of unbranched alkanes of at least 4 members (excludes halogenated alkanes) is 12. The van der Waals surface area contributed by atoms with Crippen molar-refractivity contribution in [2.75, 3.05) is 64.7 Å². The second kappa shape index (κ2) is 23.5. The van der Waals surface area contributed by atoms with E-state index in [4.69, 9.17) is 18.9 Å². The third-order valence-corrected chi connectivity index (χ3v) is 8.54. The Labute approximate surface area is 280 Å². The van der Waals surface area contributed by atoms with Crippen LogP contribution in [0.3, 0.4) is 0 Å². The van der Waals surface area contributed by atoms with Gasteiger partial charge in [0.2, 0.25) is 11.8 Å². The van der Waals surface area contributed by atoms with Gasteiger partial charge in [-0.25, -0.2) is 0 Å². The van der Waals surface area contributed by atoms with Gasteiger partial charge in [-0.05, 0) is 25.0 Å². The maximum atomic E-state index is 13.1. The van der Waals surface area contributed by atoms with Crippen LogP contribution >= 0.6 is 0 Å². The summed E-state index contributed by atoms with van der Waals surface area (Å²) in [5.41, 5.74) is 0.971. The van der Waals surface area contributed by atoms with Crippen LogP contribution in [0, 0.1) is 0 Å². The normalized spacial score (nSPS) is 16.2. The molecule has 0 saturated carbocycles. The number of hydrogen-bond acceptors (Lipinski definition) is 9. The van der Waals surface area contributed by atoms with E-state index in [2.05, 4.69) is 17.6 Å². The van der Waals surface area contributed by atoms with Gasteiger partial charge in [0.15, 0.2) is 0 Å². The van der Waals surface area contributed by atoms with E-state index in [0.29, 0.717) is 58.5 Å². The minimum Gasteiger partial charge on any atom is -0.382 e. The van der Waals surface area contributed by atoms with Crippen LogP contribution in [0.25, 0.3) is 0 Å². The molecular weight excluding hydrogens is 602 g/mol. The highest BCUT2D eigenvalue weighted by Crippen LogP contribution is 2.32. The van der Waals surface area contributed by atoms with E-state index in [9.17, 15) is 19.2 Å². The second-order valence-corrected chi connectivity index (χ2v) is 12.3. The molecule has 2 aliphatic rings. The van der Waals surface area contributed by atoms with E-state index in [1.807, 2.05) is 0 Å². The monoisotopic (exact) mass is 659 g/mol. The van der Waals surface area contributed by atoms with E-state index in [0.717, 1.165) is 17.9 Å². The fraction of sp³-hybridized carbons (Fsp3) is 0.722. The third-order valence-electron chi connectivity index (χ3n) is 8.54. The van der Waals surface area contributed by atoms with Crippen LogP contribution < -0.4 is 10.6 Å². The second-order valence-electron chi connectivity index (χ2n) is 12.3. The summed E-state index contributed by atoms with van der Waals surface area (Å²) in [5.74, 6) is -2.10. The zero-order valence-corrected chi connectivity index (χ0v) is 28.5. The van der Waals surface area contributed by atoms with E-state index in [1.54, 1.807) is 18.2 Å². The number of rotatable bonds is 28. The summed E-state index contributed by atoms with van der Waals surface area (Å²) in [5, 5.41) is 5.36. The summed E-state index contributed by atoms with van der Waals surface area (Å²) >= 11 is 0. The molecule has 2 aliphatic heterocycles. The Morgan fingerprint density at radius 2 is 1.21 bits per heavy atom. The average Bonchev–Trinajstić information content (AvgIpc) is 3.32. The smallest absolute Gasteiger partial charge is 0.264 e. The Morgan fingerprint density at radius 1 is 0.681 bits per heavy atom. The van der Waals surface area contributed by atoms with Gasteiger partial charge in [-0.15, -0.1) is 0 Å². The Kier molecular flexibility index (Phi) is 19.3. The first-order chi connectivity index (χ1) is 23.0. The Morgan fingerprint density at radius 3 is 1.79 bits per heavy atom. The number of benzene rings is 1. The number of ether oxygens (including phenoxy) is 4.